The minimum absolute atomic E-state index is 0.0114. The second-order valence-electron chi connectivity index (χ2n) is 6.77. The molecule has 6 atom stereocenters. The molecule has 2 N–H and O–H groups in total. The van der Waals surface area contributed by atoms with Gasteiger partial charge in [-0.15, -0.1) is 0 Å². The zero-order valence-corrected chi connectivity index (χ0v) is 16.3. The minimum atomic E-state index is -1.20. The van der Waals surface area contributed by atoms with Gasteiger partial charge < -0.3 is 29.2 Å². The van der Waals surface area contributed by atoms with Gasteiger partial charge in [0.15, 0.2) is 12.6 Å². The SMILES string of the molecule is O[C@H]1[C@H](O)[C@H]2COC(c3cccc(Cl)c3)OC[C@@H]1OC(c1cccc(Cl)c1)O2. The van der Waals surface area contributed by atoms with Gasteiger partial charge in [0.2, 0.25) is 0 Å². The third kappa shape index (κ3) is 4.35. The first-order valence-corrected chi connectivity index (χ1v) is 9.68. The summed E-state index contributed by atoms with van der Waals surface area (Å²) in [5.41, 5.74) is 1.40. The molecule has 2 aromatic carbocycles. The fourth-order valence-electron chi connectivity index (χ4n) is 3.29. The summed E-state index contributed by atoms with van der Waals surface area (Å²) in [7, 11) is 0. The molecule has 2 unspecified atom stereocenters. The summed E-state index contributed by atoms with van der Waals surface area (Å²) in [4.78, 5) is 0. The van der Waals surface area contributed by atoms with E-state index in [1.165, 1.54) is 0 Å². The molecule has 2 aliphatic rings. The van der Waals surface area contributed by atoms with Gasteiger partial charge in [0, 0.05) is 21.2 Å². The Labute approximate surface area is 172 Å². The molecule has 0 amide bonds. The van der Waals surface area contributed by atoms with Crippen molar-refractivity contribution in [2.45, 2.75) is 37.0 Å². The van der Waals surface area contributed by atoms with E-state index in [9.17, 15) is 10.2 Å². The molecule has 2 aliphatic heterocycles. The van der Waals surface area contributed by atoms with E-state index in [0.29, 0.717) is 15.6 Å². The molecular formula is C20H20Cl2O6. The third-order valence-electron chi connectivity index (χ3n) is 4.77. The van der Waals surface area contributed by atoms with Crippen LogP contribution < -0.4 is 0 Å². The fraction of sp³-hybridized carbons (Fsp3) is 0.400. The van der Waals surface area contributed by atoms with E-state index in [-0.39, 0.29) is 13.2 Å². The van der Waals surface area contributed by atoms with Gasteiger partial charge >= 0.3 is 0 Å². The van der Waals surface area contributed by atoms with Crippen molar-refractivity contribution in [3.05, 3.63) is 69.7 Å². The fourth-order valence-corrected chi connectivity index (χ4v) is 3.69. The van der Waals surface area contributed by atoms with E-state index in [1.54, 1.807) is 42.5 Å². The standard InChI is InChI=1S/C20H20Cl2O6/c21-13-5-1-3-11(7-13)19-25-9-15-17(23)18(24)16(10-26-19)28-20(27-15)12-4-2-6-14(22)8-12/h1-8,15-20,23-24H,9-10H2/t15-,16+,17-,18-,19?,20?/m1/s1. The highest BCUT2D eigenvalue weighted by Crippen LogP contribution is 2.34. The van der Waals surface area contributed by atoms with Gasteiger partial charge in [-0.3, -0.25) is 0 Å². The van der Waals surface area contributed by atoms with Crippen molar-refractivity contribution in [2.75, 3.05) is 13.2 Å². The van der Waals surface area contributed by atoms with Crippen molar-refractivity contribution < 1.29 is 29.2 Å². The van der Waals surface area contributed by atoms with E-state index >= 15 is 0 Å². The molecule has 2 fully saturated rings. The summed E-state index contributed by atoms with van der Waals surface area (Å²) in [6.07, 6.45) is -5.60. The monoisotopic (exact) mass is 426 g/mol. The number of fused-ring (bicyclic) bond motifs is 3. The van der Waals surface area contributed by atoms with Gasteiger partial charge in [-0.25, -0.2) is 0 Å². The quantitative estimate of drug-likeness (QED) is 0.767. The number of rotatable bonds is 2. The lowest BCUT2D eigenvalue weighted by Gasteiger charge is -2.28. The lowest BCUT2D eigenvalue weighted by Crippen LogP contribution is -2.45. The van der Waals surface area contributed by atoms with Crippen LogP contribution in [0.2, 0.25) is 10.0 Å². The van der Waals surface area contributed by atoms with E-state index in [1.807, 2.05) is 6.07 Å². The molecule has 0 aliphatic carbocycles. The molecule has 2 heterocycles. The van der Waals surface area contributed by atoms with Crippen molar-refractivity contribution in [3.63, 3.8) is 0 Å². The van der Waals surface area contributed by atoms with Crippen molar-refractivity contribution in [1.29, 1.82) is 0 Å². The topological polar surface area (TPSA) is 77.4 Å². The lowest BCUT2D eigenvalue weighted by molar-refractivity contribution is -0.252. The highest BCUT2D eigenvalue weighted by Gasteiger charge is 2.43. The summed E-state index contributed by atoms with van der Waals surface area (Å²) in [5, 5.41) is 22.2. The van der Waals surface area contributed by atoms with E-state index < -0.39 is 37.0 Å². The largest absolute Gasteiger partial charge is 0.387 e. The number of aliphatic hydroxyl groups is 2. The summed E-state index contributed by atoms with van der Waals surface area (Å²) < 4.78 is 23.6. The van der Waals surface area contributed by atoms with Crippen LogP contribution in [0.4, 0.5) is 0 Å². The normalized spacial score (nSPS) is 33.6. The van der Waals surface area contributed by atoms with Crippen LogP contribution in [0, 0.1) is 0 Å². The number of hydrogen-bond acceptors (Lipinski definition) is 6. The Morgan fingerprint density at radius 2 is 1.18 bits per heavy atom. The van der Waals surface area contributed by atoms with Gasteiger partial charge in [-0.2, -0.15) is 0 Å². The minimum Gasteiger partial charge on any atom is -0.387 e. The summed E-state index contributed by atoms with van der Waals surface area (Å²) in [5.74, 6) is 0. The van der Waals surface area contributed by atoms with Gasteiger partial charge in [0.05, 0.1) is 13.2 Å². The van der Waals surface area contributed by atoms with Crippen molar-refractivity contribution in [1.82, 2.24) is 0 Å². The second kappa shape index (κ2) is 8.65. The van der Waals surface area contributed by atoms with E-state index in [4.69, 9.17) is 42.1 Å². The number of benzene rings is 2. The molecule has 2 aromatic rings. The maximum atomic E-state index is 10.6. The van der Waals surface area contributed by atoms with Crippen LogP contribution in [0.25, 0.3) is 0 Å². The molecule has 2 saturated heterocycles. The molecular weight excluding hydrogens is 407 g/mol. The summed E-state index contributed by atoms with van der Waals surface area (Å²) in [6, 6.07) is 14.2. The highest BCUT2D eigenvalue weighted by molar-refractivity contribution is 6.30. The summed E-state index contributed by atoms with van der Waals surface area (Å²) in [6.45, 7) is -0.0227. The van der Waals surface area contributed by atoms with Crippen LogP contribution in [0.5, 0.6) is 0 Å². The van der Waals surface area contributed by atoms with Crippen LogP contribution >= 0.6 is 23.2 Å². The highest BCUT2D eigenvalue weighted by atomic mass is 35.5. The second-order valence-corrected chi connectivity index (χ2v) is 7.64. The van der Waals surface area contributed by atoms with Crippen molar-refractivity contribution >= 4 is 23.2 Å². The molecule has 0 spiro atoms. The van der Waals surface area contributed by atoms with Gasteiger partial charge in [-0.05, 0) is 24.3 Å². The summed E-state index contributed by atoms with van der Waals surface area (Å²) >= 11 is 12.1. The number of halogens is 2. The van der Waals surface area contributed by atoms with Crippen LogP contribution in [-0.4, -0.2) is 47.8 Å². The average Bonchev–Trinajstić information content (AvgIpc) is 2.77. The molecule has 0 saturated carbocycles. The Kier molecular flexibility index (Phi) is 6.20. The maximum absolute atomic E-state index is 10.6. The Hall–Kier alpha value is -1.22. The molecule has 4 rings (SSSR count). The van der Waals surface area contributed by atoms with E-state index in [2.05, 4.69) is 0 Å². The average molecular weight is 427 g/mol. The Bertz CT molecular complexity index is 797. The van der Waals surface area contributed by atoms with E-state index in [0.717, 1.165) is 5.56 Å². The first-order valence-electron chi connectivity index (χ1n) is 8.92. The molecule has 0 radical (unpaired) electrons. The van der Waals surface area contributed by atoms with Gasteiger partial charge in [0.1, 0.15) is 24.4 Å². The molecule has 28 heavy (non-hydrogen) atoms. The van der Waals surface area contributed by atoms with Crippen LogP contribution in [0.3, 0.4) is 0 Å². The van der Waals surface area contributed by atoms with Gasteiger partial charge in [-0.1, -0.05) is 47.5 Å². The molecule has 150 valence electrons. The number of aliphatic hydroxyl groups excluding tert-OH is 2. The molecule has 8 heteroatoms. The van der Waals surface area contributed by atoms with Gasteiger partial charge in [0.25, 0.3) is 0 Å². The number of ether oxygens (including phenoxy) is 4. The first-order chi connectivity index (χ1) is 13.5. The lowest BCUT2D eigenvalue weighted by atomic mass is 10.0. The molecule has 2 bridgehead atoms. The van der Waals surface area contributed by atoms with Crippen molar-refractivity contribution in [2.24, 2.45) is 0 Å². The Balaban J connectivity index is 1.60. The smallest absolute Gasteiger partial charge is 0.185 e. The molecule has 0 aromatic heterocycles. The Morgan fingerprint density at radius 1 is 0.714 bits per heavy atom. The predicted molar refractivity (Wildman–Crippen MR) is 102 cm³/mol. The van der Waals surface area contributed by atoms with Crippen LogP contribution in [-0.2, 0) is 18.9 Å². The maximum Gasteiger partial charge on any atom is 0.185 e. The van der Waals surface area contributed by atoms with Crippen LogP contribution in [0.1, 0.15) is 23.7 Å². The predicted octanol–water partition coefficient (Wildman–Crippen LogP) is 3.24. The zero-order valence-electron chi connectivity index (χ0n) is 14.8. The first kappa shape index (κ1) is 20.1. The number of hydrogen-bond donors (Lipinski definition) is 2. The third-order valence-corrected chi connectivity index (χ3v) is 5.24. The molecule has 6 nitrogen and oxygen atoms in total. The Morgan fingerprint density at radius 3 is 1.64 bits per heavy atom. The van der Waals surface area contributed by atoms with Crippen LogP contribution in [0.15, 0.2) is 48.5 Å². The zero-order chi connectivity index (χ0) is 19.7. The van der Waals surface area contributed by atoms with Crippen molar-refractivity contribution in [3.8, 4) is 0 Å².